The highest BCUT2D eigenvalue weighted by Crippen LogP contribution is 2.24. The third kappa shape index (κ3) is 8.38. The predicted molar refractivity (Wildman–Crippen MR) is 77.2 cm³/mol. The Hall–Kier alpha value is -0.410. The molecule has 0 fully saturated rings. The molecular weight excluding hydrogens is 243 g/mol. The van der Waals surface area contributed by atoms with Crippen molar-refractivity contribution in [3.05, 3.63) is 12.2 Å². The van der Waals surface area contributed by atoms with Gasteiger partial charge >= 0.3 is 0 Å². The topological polar surface area (TPSA) is 18.5 Å². The number of hydrogen-bond acceptors (Lipinski definition) is 2. The molecule has 1 atom stereocenters. The van der Waals surface area contributed by atoms with E-state index in [-0.39, 0.29) is 11.7 Å². The molecule has 0 aliphatic carbocycles. The number of halogens is 1. The van der Waals surface area contributed by atoms with Crippen LogP contribution in [-0.2, 0) is 9.47 Å². The molecule has 1 aliphatic rings. The summed E-state index contributed by atoms with van der Waals surface area (Å²) in [6, 6.07) is 0. The SMILES string of the molecule is CC(C)(F)CCOC(C)(C)C[C@@H]1CC/C=C/CCO1. The summed E-state index contributed by atoms with van der Waals surface area (Å²) in [7, 11) is 0. The molecule has 1 heterocycles. The summed E-state index contributed by atoms with van der Waals surface area (Å²) in [4.78, 5) is 0. The average Bonchev–Trinajstić information content (AvgIpc) is 2.19. The van der Waals surface area contributed by atoms with Gasteiger partial charge in [0.25, 0.3) is 0 Å². The molecule has 19 heavy (non-hydrogen) atoms. The molecule has 0 aromatic rings. The highest BCUT2D eigenvalue weighted by Gasteiger charge is 2.26. The molecule has 0 aromatic heterocycles. The molecule has 1 aliphatic heterocycles. The Balaban J connectivity index is 2.33. The van der Waals surface area contributed by atoms with Crippen molar-refractivity contribution < 1.29 is 13.9 Å². The van der Waals surface area contributed by atoms with E-state index >= 15 is 0 Å². The smallest absolute Gasteiger partial charge is 0.107 e. The van der Waals surface area contributed by atoms with Gasteiger partial charge in [0.05, 0.1) is 24.9 Å². The van der Waals surface area contributed by atoms with Gasteiger partial charge in [-0.25, -0.2) is 4.39 Å². The molecular formula is C16H29FO2. The van der Waals surface area contributed by atoms with Crippen LogP contribution in [0.15, 0.2) is 12.2 Å². The standard InChI is InChI=1S/C16H29FO2/c1-15(2,17)10-12-19-16(3,4)13-14-9-7-5-6-8-11-18-14/h5-6,14H,7-13H2,1-4H3/b6-5+/t14-/m0/s1. The summed E-state index contributed by atoms with van der Waals surface area (Å²) in [5, 5.41) is 0. The van der Waals surface area contributed by atoms with Crippen molar-refractivity contribution >= 4 is 0 Å². The maximum absolute atomic E-state index is 13.4. The summed E-state index contributed by atoms with van der Waals surface area (Å²) in [6.07, 6.45) is 9.07. The van der Waals surface area contributed by atoms with Gasteiger partial charge in [-0.05, 0) is 47.0 Å². The zero-order chi connectivity index (χ0) is 14.4. The third-order valence-corrected chi connectivity index (χ3v) is 3.37. The van der Waals surface area contributed by atoms with E-state index < -0.39 is 5.67 Å². The van der Waals surface area contributed by atoms with E-state index in [1.807, 2.05) is 0 Å². The molecule has 0 aromatic carbocycles. The summed E-state index contributed by atoms with van der Waals surface area (Å²) >= 11 is 0. The molecule has 112 valence electrons. The molecule has 0 saturated carbocycles. The van der Waals surface area contributed by atoms with Crippen LogP contribution in [0.25, 0.3) is 0 Å². The summed E-state index contributed by atoms with van der Waals surface area (Å²) < 4.78 is 25.1. The van der Waals surface area contributed by atoms with Gasteiger partial charge in [0.15, 0.2) is 0 Å². The number of alkyl halides is 1. The molecule has 0 bridgehead atoms. The van der Waals surface area contributed by atoms with Crippen LogP contribution in [0, 0.1) is 0 Å². The Morgan fingerprint density at radius 1 is 1.21 bits per heavy atom. The van der Waals surface area contributed by atoms with Crippen molar-refractivity contribution in [1.29, 1.82) is 0 Å². The van der Waals surface area contributed by atoms with Crippen LogP contribution in [0.1, 0.15) is 59.8 Å². The lowest BCUT2D eigenvalue weighted by Gasteiger charge is -2.31. The van der Waals surface area contributed by atoms with Crippen LogP contribution in [0.5, 0.6) is 0 Å². The van der Waals surface area contributed by atoms with Crippen molar-refractivity contribution in [2.75, 3.05) is 13.2 Å². The number of ether oxygens (including phenoxy) is 2. The number of rotatable bonds is 6. The lowest BCUT2D eigenvalue weighted by molar-refractivity contribution is -0.0745. The molecule has 1 rings (SSSR count). The average molecular weight is 272 g/mol. The fourth-order valence-electron chi connectivity index (χ4n) is 2.24. The first-order chi connectivity index (χ1) is 8.79. The van der Waals surface area contributed by atoms with E-state index in [0.29, 0.717) is 13.0 Å². The van der Waals surface area contributed by atoms with Crippen LogP contribution in [-0.4, -0.2) is 30.6 Å². The maximum atomic E-state index is 13.4. The first kappa shape index (κ1) is 16.6. The van der Waals surface area contributed by atoms with Crippen molar-refractivity contribution in [2.45, 2.75) is 77.2 Å². The molecule has 0 radical (unpaired) electrons. The predicted octanol–water partition coefficient (Wildman–Crippen LogP) is 4.44. The Morgan fingerprint density at radius 3 is 2.58 bits per heavy atom. The van der Waals surface area contributed by atoms with Gasteiger partial charge < -0.3 is 9.47 Å². The lowest BCUT2D eigenvalue weighted by Crippen LogP contribution is -2.33. The fraction of sp³-hybridized carbons (Fsp3) is 0.875. The van der Waals surface area contributed by atoms with E-state index in [1.54, 1.807) is 13.8 Å². The minimum Gasteiger partial charge on any atom is -0.378 e. The Kier molecular flexibility index (Phi) is 6.48. The van der Waals surface area contributed by atoms with Gasteiger partial charge in [-0.1, -0.05) is 12.2 Å². The second-order valence-corrected chi connectivity index (χ2v) is 6.61. The van der Waals surface area contributed by atoms with Crippen LogP contribution in [0.3, 0.4) is 0 Å². The van der Waals surface area contributed by atoms with E-state index in [0.717, 1.165) is 32.3 Å². The minimum atomic E-state index is -1.16. The third-order valence-electron chi connectivity index (χ3n) is 3.37. The van der Waals surface area contributed by atoms with Crippen LogP contribution >= 0.6 is 0 Å². The van der Waals surface area contributed by atoms with Crippen LogP contribution in [0.2, 0.25) is 0 Å². The van der Waals surface area contributed by atoms with E-state index in [2.05, 4.69) is 26.0 Å². The largest absolute Gasteiger partial charge is 0.378 e. The molecule has 0 saturated heterocycles. The van der Waals surface area contributed by atoms with Gasteiger partial charge in [0.1, 0.15) is 5.67 Å². The van der Waals surface area contributed by atoms with Crippen molar-refractivity contribution in [3.63, 3.8) is 0 Å². The Morgan fingerprint density at radius 2 is 1.89 bits per heavy atom. The molecule has 0 N–H and O–H groups in total. The van der Waals surface area contributed by atoms with Crippen molar-refractivity contribution in [2.24, 2.45) is 0 Å². The second-order valence-electron chi connectivity index (χ2n) is 6.61. The van der Waals surface area contributed by atoms with Crippen molar-refractivity contribution in [3.8, 4) is 0 Å². The Labute approximate surface area is 117 Å². The number of allylic oxidation sites excluding steroid dienone is 1. The molecule has 2 nitrogen and oxygen atoms in total. The highest BCUT2D eigenvalue weighted by molar-refractivity contribution is 4.86. The second kappa shape index (κ2) is 7.39. The Bertz CT molecular complexity index is 279. The molecule has 0 amide bonds. The first-order valence-corrected chi connectivity index (χ1v) is 7.38. The summed E-state index contributed by atoms with van der Waals surface area (Å²) in [5.74, 6) is 0. The maximum Gasteiger partial charge on any atom is 0.107 e. The van der Waals surface area contributed by atoms with Gasteiger partial charge in [-0.15, -0.1) is 0 Å². The van der Waals surface area contributed by atoms with Gasteiger partial charge in [-0.3, -0.25) is 0 Å². The van der Waals surface area contributed by atoms with Gasteiger partial charge in [0.2, 0.25) is 0 Å². The van der Waals surface area contributed by atoms with Crippen LogP contribution in [0.4, 0.5) is 4.39 Å². The highest BCUT2D eigenvalue weighted by atomic mass is 19.1. The fourth-order valence-corrected chi connectivity index (χ4v) is 2.24. The summed E-state index contributed by atoms with van der Waals surface area (Å²) in [5.41, 5.74) is -1.41. The lowest BCUT2D eigenvalue weighted by atomic mass is 9.96. The first-order valence-electron chi connectivity index (χ1n) is 7.38. The zero-order valence-corrected chi connectivity index (χ0v) is 12.9. The number of hydrogen-bond donors (Lipinski definition) is 0. The van der Waals surface area contributed by atoms with E-state index in [9.17, 15) is 4.39 Å². The molecule has 0 unspecified atom stereocenters. The van der Waals surface area contributed by atoms with Crippen molar-refractivity contribution in [1.82, 2.24) is 0 Å². The van der Waals surface area contributed by atoms with Crippen LogP contribution < -0.4 is 0 Å². The van der Waals surface area contributed by atoms with Gasteiger partial charge in [-0.2, -0.15) is 0 Å². The molecule has 3 heteroatoms. The van der Waals surface area contributed by atoms with E-state index in [1.165, 1.54) is 0 Å². The van der Waals surface area contributed by atoms with E-state index in [4.69, 9.17) is 9.47 Å². The minimum absolute atomic E-state index is 0.248. The zero-order valence-electron chi connectivity index (χ0n) is 12.9. The monoisotopic (exact) mass is 272 g/mol. The summed E-state index contributed by atoms with van der Waals surface area (Å²) in [6.45, 7) is 8.56. The molecule has 0 spiro atoms. The quantitative estimate of drug-likeness (QED) is 0.666. The van der Waals surface area contributed by atoms with Gasteiger partial charge in [0, 0.05) is 12.8 Å². The normalized spacial score (nSPS) is 23.7.